The molecule has 0 spiro atoms. The molecule has 1 aromatic rings. The number of hydrogen-bond acceptors (Lipinski definition) is 3. The molecule has 1 fully saturated rings. The van der Waals surface area contributed by atoms with E-state index in [2.05, 4.69) is 6.92 Å². The second-order valence-electron chi connectivity index (χ2n) is 4.39. The van der Waals surface area contributed by atoms with Crippen molar-refractivity contribution in [2.45, 2.75) is 44.3 Å². The maximum atomic E-state index is 10.4. The fraction of sp³-hybridized carbons (Fsp3) is 0.667. The van der Waals surface area contributed by atoms with Gasteiger partial charge in [-0.15, -0.1) is 0 Å². The van der Waals surface area contributed by atoms with Gasteiger partial charge in [-0.05, 0) is 24.5 Å². The Morgan fingerprint density at radius 1 is 1.60 bits per heavy atom. The lowest BCUT2D eigenvalue weighted by molar-refractivity contribution is -0.103. The monoisotopic (exact) mass is 210 g/mol. The maximum Gasteiger partial charge on any atom is 0.0935 e. The lowest BCUT2D eigenvalue weighted by atomic mass is 9.85. The van der Waals surface area contributed by atoms with Crippen LogP contribution in [0.3, 0.4) is 0 Å². The van der Waals surface area contributed by atoms with Gasteiger partial charge in [0.15, 0.2) is 0 Å². The van der Waals surface area contributed by atoms with Gasteiger partial charge in [-0.1, -0.05) is 6.92 Å². The Kier molecular flexibility index (Phi) is 3.12. The van der Waals surface area contributed by atoms with Gasteiger partial charge in [0.05, 0.1) is 24.2 Å². The number of rotatable bonds is 3. The van der Waals surface area contributed by atoms with Crippen molar-refractivity contribution < 1.29 is 14.3 Å². The molecule has 1 saturated heterocycles. The van der Waals surface area contributed by atoms with Crippen LogP contribution in [0.25, 0.3) is 0 Å². The number of ether oxygens (including phenoxy) is 1. The highest BCUT2D eigenvalue weighted by molar-refractivity contribution is 5.10. The van der Waals surface area contributed by atoms with Crippen molar-refractivity contribution in [2.75, 3.05) is 6.61 Å². The van der Waals surface area contributed by atoms with Crippen LogP contribution >= 0.6 is 0 Å². The molecule has 0 aromatic carbocycles. The smallest absolute Gasteiger partial charge is 0.0935 e. The summed E-state index contributed by atoms with van der Waals surface area (Å²) in [5.41, 5.74) is 0.456. The Balaban J connectivity index is 1.99. The lowest BCUT2D eigenvalue weighted by Crippen LogP contribution is -2.42. The van der Waals surface area contributed by atoms with E-state index in [0.29, 0.717) is 19.4 Å². The minimum absolute atomic E-state index is 0.204. The van der Waals surface area contributed by atoms with Gasteiger partial charge < -0.3 is 14.3 Å². The van der Waals surface area contributed by atoms with Crippen molar-refractivity contribution >= 4 is 0 Å². The molecule has 2 unspecified atom stereocenters. The zero-order valence-electron chi connectivity index (χ0n) is 9.11. The molecule has 2 rings (SSSR count). The first kappa shape index (κ1) is 10.7. The minimum atomic E-state index is -0.608. The van der Waals surface area contributed by atoms with Gasteiger partial charge in [-0.2, -0.15) is 0 Å². The summed E-state index contributed by atoms with van der Waals surface area (Å²) >= 11 is 0. The molecule has 0 aliphatic carbocycles. The molecule has 0 amide bonds. The standard InChI is InChI=1S/C12H18O3/c1-2-11-8-12(13,4-6-15-11)7-10-3-5-14-9-10/h3,5,9,11,13H,2,4,6-8H2,1H3. The topological polar surface area (TPSA) is 42.6 Å². The summed E-state index contributed by atoms with van der Waals surface area (Å²) in [6.07, 6.45) is 6.64. The van der Waals surface area contributed by atoms with E-state index in [-0.39, 0.29) is 6.10 Å². The van der Waals surface area contributed by atoms with Gasteiger partial charge in [0.1, 0.15) is 0 Å². The number of furan rings is 1. The highest BCUT2D eigenvalue weighted by Gasteiger charge is 2.34. The van der Waals surface area contributed by atoms with Gasteiger partial charge in [0.25, 0.3) is 0 Å². The molecule has 1 aromatic heterocycles. The zero-order valence-corrected chi connectivity index (χ0v) is 9.11. The van der Waals surface area contributed by atoms with Crippen molar-refractivity contribution in [1.82, 2.24) is 0 Å². The summed E-state index contributed by atoms with van der Waals surface area (Å²) in [7, 11) is 0. The van der Waals surface area contributed by atoms with Gasteiger partial charge in [0, 0.05) is 19.4 Å². The van der Waals surface area contributed by atoms with E-state index >= 15 is 0 Å². The Labute approximate surface area is 90.0 Å². The average Bonchev–Trinajstić information content (AvgIpc) is 2.69. The van der Waals surface area contributed by atoms with Gasteiger partial charge in [-0.3, -0.25) is 0 Å². The number of aliphatic hydroxyl groups is 1. The van der Waals surface area contributed by atoms with Crippen LogP contribution in [0.4, 0.5) is 0 Å². The Morgan fingerprint density at radius 3 is 3.13 bits per heavy atom. The molecular formula is C12H18O3. The summed E-state index contributed by atoms with van der Waals surface area (Å²) in [4.78, 5) is 0. The number of hydrogen-bond donors (Lipinski definition) is 1. The van der Waals surface area contributed by atoms with Crippen LogP contribution in [0.15, 0.2) is 23.0 Å². The van der Waals surface area contributed by atoms with Gasteiger partial charge in [0.2, 0.25) is 0 Å². The summed E-state index contributed by atoms with van der Waals surface area (Å²) < 4.78 is 10.6. The molecular weight excluding hydrogens is 192 g/mol. The van der Waals surface area contributed by atoms with Crippen LogP contribution in [-0.2, 0) is 11.2 Å². The highest BCUT2D eigenvalue weighted by atomic mass is 16.5. The predicted octanol–water partition coefficient (Wildman–Crippen LogP) is 2.14. The van der Waals surface area contributed by atoms with Crippen LogP contribution in [-0.4, -0.2) is 23.4 Å². The molecule has 0 bridgehead atoms. The lowest BCUT2D eigenvalue weighted by Gasteiger charge is -2.36. The molecule has 3 nitrogen and oxygen atoms in total. The molecule has 2 heterocycles. The van der Waals surface area contributed by atoms with E-state index in [1.54, 1.807) is 12.5 Å². The second kappa shape index (κ2) is 4.37. The van der Waals surface area contributed by atoms with E-state index in [1.165, 1.54) is 0 Å². The molecule has 84 valence electrons. The molecule has 15 heavy (non-hydrogen) atoms. The third-order valence-electron chi connectivity index (χ3n) is 3.10. The van der Waals surface area contributed by atoms with E-state index in [0.717, 1.165) is 18.4 Å². The normalized spacial score (nSPS) is 31.7. The third kappa shape index (κ3) is 2.61. The fourth-order valence-electron chi connectivity index (χ4n) is 2.20. The molecule has 1 aliphatic rings. The molecule has 0 radical (unpaired) electrons. The first-order chi connectivity index (χ1) is 7.22. The van der Waals surface area contributed by atoms with Crippen LogP contribution in [0.2, 0.25) is 0 Å². The Hall–Kier alpha value is -0.800. The highest BCUT2D eigenvalue weighted by Crippen LogP contribution is 2.29. The largest absolute Gasteiger partial charge is 0.472 e. The van der Waals surface area contributed by atoms with Crippen molar-refractivity contribution in [2.24, 2.45) is 0 Å². The summed E-state index contributed by atoms with van der Waals surface area (Å²) in [6.45, 7) is 2.75. The van der Waals surface area contributed by atoms with Crippen LogP contribution < -0.4 is 0 Å². The summed E-state index contributed by atoms with van der Waals surface area (Å²) in [6, 6.07) is 1.91. The average molecular weight is 210 g/mol. The van der Waals surface area contributed by atoms with E-state index in [9.17, 15) is 5.11 Å². The van der Waals surface area contributed by atoms with Crippen LogP contribution in [0.1, 0.15) is 31.7 Å². The van der Waals surface area contributed by atoms with E-state index < -0.39 is 5.60 Å². The SMILES string of the molecule is CCC1CC(O)(Cc2ccoc2)CCO1. The Morgan fingerprint density at radius 2 is 2.47 bits per heavy atom. The molecule has 2 atom stereocenters. The first-order valence-corrected chi connectivity index (χ1v) is 5.57. The summed E-state index contributed by atoms with van der Waals surface area (Å²) in [5.74, 6) is 0. The molecule has 1 aliphatic heterocycles. The minimum Gasteiger partial charge on any atom is -0.472 e. The quantitative estimate of drug-likeness (QED) is 0.831. The van der Waals surface area contributed by atoms with Crippen molar-refractivity contribution in [3.63, 3.8) is 0 Å². The Bertz CT molecular complexity index is 294. The van der Waals surface area contributed by atoms with E-state index in [1.807, 2.05) is 6.07 Å². The molecule has 0 saturated carbocycles. The molecule has 3 heteroatoms. The third-order valence-corrected chi connectivity index (χ3v) is 3.10. The van der Waals surface area contributed by atoms with Crippen molar-refractivity contribution in [3.8, 4) is 0 Å². The zero-order chi connectivity index (χ0) is 10.7. The van der Waals surface area contributed by atoms with E-state index in [4.69, 9.17) is 9.15 Å². The summed E-state index contributed by atoms with van der Waals surface area (Å²) in [5, 5.41) is 10.4. The first-order valence-electron chi connectivity index (χ1n) is 5.57. The predicted molar refractivity (Wildman–Crippen MR) is 56.6 cm³/mol. The van der Waals surface area contributed by atoms with Crippen molar-refractivity contribution in [1.29, 1.82) is 0 Å². The van der Waals surface area contributed by atoms with Crippen molar-refractivity contribution in [3.05, 3.63) is 24.2 Å². The van der Waals surface area contributed by atoms with Gasteiger partial charge in [-0.25, -0.2) is 0 Å². The van der Waals surface area contributed by atoms with Crippen LogP contribution in [0.5, 0.6) is 0 Å². The maximum absolute atomic E-state index is 10.4. The van der Waals surface area contributed by atoms with Crippen LogP contribution in [0, 0.1) is 0 Å². The fourth-order valence-corrected chi connectivity index (χ4v) is 2.20. The van der Waals surface area contributed by atoms with Gasteiger partial charge >= 0.3 is 0 Å². The second-order valence-corrected chi connectivity index (χ2v) is 4.39. The molecule has 1 N–H and O–H groups in total.